The molecule has 0 aliphatic heterocycles. The molecule has 3 aromatic rings. The van der Waals surface area contributed by atoms with Crippen molar-refractivity contribution in [2.24, 2.45) is 0 Å². The minimum Gasteiger partial charge on any atom is -0.0654 e. The Morgan fingerprint density at radius 1 is 0.682 bits per heavy atom. The lowest BCUT2D eigenvalue weighted by Gasteiger charge is -2.11. The average molecular weight is 289 g/mol. The van der Waals surface area contributed by atoms with Gasteiger partial charge in [-0.3, -0.25) is 0 Å². The highest BCUT2D eigenvalue weighted by atomic mass is 14.1. The van der Waals surface area contributed by atoms with E-state index in [2.05, 4.69) is 61.5 Å². The van der Waals surface area contributed by atoms with Gasteiger partial charge >= 0.3 is 0 Å². The van der Waals surface area contributed by atoms with Gasteiger partial charge in [0.1, 0.15) is 0 Å². The molecule has 0 saturated heterocycles. The number of fused-ring (bicyclic) bond motifs is 2. The van der Waals surface area contributed by atoms with Crippen LogP contribution in [-0.4, -0.2) is 0 Å². The van der Waals surface area contributed by atoms with Crippen molar-refractivity contribution in [2.45, 2.75) is 51.9 Å². The van der Waals surface area contributed by atoms with Crippen molar-refractivity contribution in [2.75, 3.05) is 0 Å². The molecular formula is C22H25. The minimum atomic E-state index is 1.18. The van der Waals surface area contributed by atoms with Crippen molar-refractivity contribution in [1.82, 2.24) is 0 Å². The first-order valence-corrected chi connectivity index (χ1v) is 8.72. The highest BCUT2D eigenvalue weighted by molar-refractivity contribution is 6.01. The zero-order valence-electron chi connectivity index (χ0n) is 13.6. The van der Waals surface area contributed by atoms with Crippen LogP contribution in [0.5, 0.6) is 0 Å². The predicted molar refractivity (Wildman–Crippen MR) is 97.4 cm³/mol. The van der Waals surface area contributed by atoms with Crippen LogP contribution in [0.1, 0.15) is 51.0 Å². The molecule has 0 amide bonds. The van der Waals surface area contributed by atoms with Gasteiger partial charge in [-0.05, 0) is 46.0 Å². The molecule has 1 radical (unpaired) electrons. The maximum Gasteiger partial charge on any atom is -0.00141 e. The predicted octanol–water partition coefficient (Wildman–Crippen LogP) is 6.70. The molecule has 22 heavy (non-hydrogen) atoms. The standard InChI is InChI=1S/C22H25/c1-2-3-4-5-6-7-16-22-20-14-10-8-12-18(20)17-19-13-9-11-15-21(19)22/h8-15H,2-7,16H2,1H3. The van der Waals surface area contributed by atoms with Crippen LogP contribution in [0.3, 0.4) is 0 Å². The average Bonchev–Trinajstić information content (AvgIpc) is 2.57. The number of aryl methyl sites for hydroxylation is 1. The second kappa shape index (κ2) is 7.45. The maximum atomic E-state index is 3.57. The summed E-state index contributed by atoms with van der Waals surface area (Å²) in [7, 11) is 0. The summed E-state index contributed by atoms with van der Waals surface area (Å²) in [5.41, 5.74) is 1.51. The monoisotopic (exact) mass is 289 g/mol. The molecule has 0 heterocycles. The van der Waals surface area contributed by atoms with Gasteiger partial charge < -0.3 is 0 Å². The molecule has 0 unspecified atom stereocenters. The van der Waals surface area contributed by atoms with E-state index in [1.165, 1.54) is 72.1 Å². The molecule has 0 N–H and O–H groups in total. The van der Waals surface area contributed by atoms with E-state index in [1.807, 2.05) is 0 Å². The molecule has 0 saturated carbocycles. The van der Waals surface area contributed by atoms with E-state index in [1.54, 1.807) is 0 Å². The van der Waals surface area contributed by atoms with E-state index < -0.39 is 0 Å². The Morgan fingerprint density at radius 2 is 1.23 bits per heavy atom. The number of hydrogen-bond acceptors (Lipinski definition) is 0. The van der Waals surface area contributed by atoms with Gasteiger partial charge in [0.2, 0.25) is 0 Å². The normalized spacial score (nSPS) is 11.3. The molecule has 3 aromatic carbocycles. The van der Waals surface area contributed by atoms with Crippen molar-refractivity contribution < 1.29 is 0 Å². The van der Waals surface area contributed by atoms with Gasteiger partial charge in [-0.2, -0.15) is 0 Å². The SMILES string of the molecule is CCCCCCCCc1c2ccccc2[c]c2ccccc12. The third kappa shape index (κ3) is 3.32. The van der Waals surface area contributed by atoms with E-state index >= 15 is 0 Å². The lowest BCUT2D eigenvalue weighted by atomic mass is 9.93. The molecule has 0 aliphatic rings. The number of unbranched alkanes of at least 4 members (excludes halogenated alkanes) is 5. The van der Waals surface area contributed by atoms with E-state index in [9.17, 15) is 0 Å². The summed E-state index contributed by atoms with van der Waals surface area (Å²) in [5, 5.41) is 5.27. The highest BCUT2D eigenvalue weighted by Gasteiger charge is 2.07. The van der Waals surface area contributed by atoms with Gasteiger partial charge in [-0.15, -0.1) is 0 Å². The van der Waals surface area contributed by atoms with Gasteiger partial charge in [-0.25, -0.2) is 0 Å². The van der Waals surface area contributed by atoms with Crippen LogP contribution in [0.4, 0.5) is 0 Å². The molecule has 113 valence electrons. The van der Waals surface area contributed by atoms with Gasteiger partial charge in [-0.1, -0.05) is 87.6 Å². The molecular weight excluding hydrogens is 264 g/mol. The zero-order valence-corrected chi connectivity index (χ0v) is 13.6. The topological polar surface area (TPSA) is 0 Å². The summed E-state index contributed by atoms with van der Waals surface area (Å²) in [4.78, 5) is 0. The van der Waals surface area contributed by atoms with Gasteiger partial charge in [0, 0.05) is 0 Å². The molecule has 0 aliphatic carbocycles. The number of benzene rings is 3. The second-order valence-electron chi connectivity index (χ2n) is 6.21. The van der Waals surface area contributed by atoms with Crippen LogP contribution in [0.25, 0.3) is 21.5 Å². The summed E-state index contributed by atoms with van der Waals surface area (Å²) in [6.45, 7) is 2.28. The van der Waals surface area contributed by atoms with Gasteiger partial charge in [0.15, 0.2) is 0 Å². The molecule has 0 spiro atoms. The smallest absolute Gasteiger partial charge is 0.00141 e. The lowest BCUT2D eigenvalue weighted by Crippen LogP contribution is -1.91. The molecule has 0 bridgehead atoms. The van der Waals surface area contributed by atoms with Crippen LogP contribution in [-0.2, 0) is 6.42 Å². The third-order valence-corrected chi connectivity index (χ3v) is 4.55. The largest absolute Gasteiger partial charge is 0.0654 e. The molecule has 0 fully saturated rings. The van der Waals surface area contributed by atoms with E-state index in [0.29, 0.717) is 0 Å². The molecule has 0 heteroatoms. The summed E-state index contributed by atoms with van der Waals surface area (Å²) in [6.07, 6.45) is 9.30. The molecule has 3 rings (SSSR count). The summed E-state index contributed by atoms with van der Waals surface area (Å²) in [5.74, 6) is 0. The third-order valence-electron chi connectivity index (χ3n) is 4.55. The fraction of sp³-hybridized carbons (Fsp3) is 0.364. The van der Waals surface area contributed by atoms with Crippen molar-refractivity contribution >= 4 is 21.5 Å². The molecule has 0 atom stereocenters. The van der Waals surface area contributed by atoms with Crippen LogP contribution in [0, 0.1) is 6.07 Å². The lowest BCUT2D eigenvalue weighted by molar-refractivity contribution is 0.609. The van der Waals surface area contributed by atoms with Crippen LogP contribution in [0.2, 0.25) is 0 Å². The Hall–Kier alpha value is -1.82. The number of rotatable bonds is 7. The minimum absolute atomic E-state index is 1.18. The molecule has 0 nitrogen and oxygen atoms in total. The Labute approximate surface area is 134 Å². The fourth-order valence-electron chi connectivity index (χ4n) is 3.35. The highest BCUT2D eigenvalue weighted by Crippen LogP contribution is 2.29. The van der Waals surface area contributed by atoms with Crippen LogP contribution in [0.15, 0.2) is 48.5 Å². The molecule has 0 aromatic heterocycles. The first-order valence-electron chi connectivity index (χ1n) is 8.72. The van der Waals surface area contributed by atoms with Crippen molar-refractivity contribution in [3.63, 3.8) is 0 Å². The van der Waals surface area contributed by atoms with Crippen molar-refractivity contribution in [1.29, 1.82) is 0 Å². The summed E-state index contributed by atoms with van der Waals surface area (Å²) < 4.78 is 0. The summed E-state index contributed by atoms with van der Waals surface area (Å²) in [6, 6.07) is 21.0. The van der Waals surface area contributed by atoms with Crippen LogP contribution < -0.4 is 0 Å². The number of hydrogen-bond donors (Lipinski definition) is 0. The zero-order chi connectivity index (χ0) is 15.2. The van der Waals surface area contributed by atoms with E-state index in [0.717, 1.165) is 0 Å². The van der Waals surface area contributed by atoms with Crippen molar-refractivity contribution in [3.8, 4) is 0 Å². The fourth-order valence-corrected chi connectivity index (χ4v) is 3.35. The van der Waals surface area contributed by atoms with Crippen LogP contribution >= 0.6 is 0 Å². The van der Waals surface area contributed by atoms with E-state index in [4.69, 9.17) is 0 Å². The Kier molecular flexibility index (Phi) is 5.11. The maximum absolute atomic E-state index is 3.57. The second-order valence-corrected chi connectivity index (χ2v) is 6.21. The van der Waals surface area contributed by atoms with Gasteiger partial charge in [0.05, 0.1) is 0 Å². The summed E-state index contributed by atoms with van der Waals surface area (Å²) >= 11 is 0. The van der Waals surface area contributed by atoms with Gasteiger partial charge in [0.25, 0.3) is 0 Å². The quantitative estimate of drug-likeness (QED) is 0.335. The van der Waals surface area contributed by atoms with Crippen molar-refractivity contribution in [3.05, 3.63) is 60.2 Å². The Bertz CT molecular complexity index is 685. The Morgan fingerprint density at radius 3 is 1.86 bits per heavy atom. The van der Waals surface area contributed by atoms with E-state index in [-0.39, 0.29) is 0 Å². The Balaban J connectivity index is 1.85. The first kappa shape index (κ1) is 15.1. The first-order chi connectivity index (χ1) is 10.9.